The van der Waals surface area contributed by atoms with E-state index in [1.807, 2.05) is 0 Å². The Balaban J connectivity index is 2.56. The molecule has 0 saturated carbocycles. The molecule has 0 saturated heterocycles. The Bertz CT molecular complexity index is 47.0. The van der Waals surface area contributed by atoms with Crippen molar-refractivity contribution in [2.75, 3.05) is 12.3 Å². The number of rotatable bonds is 4. The van der Waals surface area contributed by atoms with Gasteiger partial charge in [-0.1, -0.05) is 0 Å². The molecule has 0 fully saturated rings. The average Bonchev–Trinajstić information content (AvgIpc) is 1.69. The zero-order valence-corrected chi connectivity index (χ0v) is 6.70. The molecule has 2 atom stereocenters. The maximum atomic E-state index is 9.88. The van der Waals surface area contributed by atoms with Gasteiger partial charge in [0.05, 0.1) is 8.46 Å². The molecule has 0 amide bonds. The van der Waals surface area contributed by atoms with E-state index in [0.29, 0.717) is 0 Å². The Kier molecular flexibility index (Phi) is 7.29. The maximum absolute atomic E-state index is 9.88. The van der Waals surface area contributed by atoms with Crippen molar-refractivity contribution in [2.24, 2.45) is 0 Å². The van der Waals surface area contributed by atoms with E-state index in [1.54, 1.807) is 0 Å². The van der Waals surface area contributed by atoms with E-state index < -0.39 is 8.46 Å². The van der Waals surface area contributed by atoms with Crippen LogP contribution >= 0.6 is 17.7 Å². The van der Waals surface area contributed by atoms with Crippen molar-refractivity contribution in [3.05, 3.63) is 0 Å². The van der Waals surface area contributed by atoms with Gasteiger partial charge in [-0.15, -0.1) is 9.24 Å². The van der Waals surface area contributed by atoms with E-state index in [1.165, 1.54) is 6.42 Å². The van der Waals surface area contributed by atoms with Crippen molar-refractivity contribution in [1.82, 2.24) is 0 Å². The first kappa shape index (κ1) is 7.66. The fourth-order valence-corrected chi connectivity index (χ4v) is 1.12. The first-order chi connectivity index (χ1) is 3.41. The molecule has 0 aromatic rings. The van der Waals surface area contributed by atoms with E-state index >= 15 is 0 Å². The lowest BCUT2D eigenvalue weighted by Gasteiger charge is -1.86. The molecule has 0 aliphatic heterocycles. The highest BCUT2D eigenvalue weighted by atomic mass is 31.1. The van der Waals surface area contributed by atoms with Gasteiger partial charge in [0.25, 0.3) is 0 Å². The minimum Gasteiger partial charge on any atom is -0.330 e. The third kappa shape index (κ3) is 6.66. The fourth-order valence-electron chi connectivity index (χ4n) is 0.372. The van der Waals surface area contributed by atoms with Crippen molar-refractivity contribution in [1.29, 1.82) is 0 Å². The smallest absolute Gasteiger partial charge is 0.0645 e. The molecule has 0 radical (unpaired) electrons. The largest absolute Gasteiger partial charge is 0.330 e. The van der Waals surface area contributed by atoms with Gasteiger partial charge in [0, 0.05) is 0 Å². The summed E-state index contributed by atoms with van der Waals surface area (Å²) >= 11 is 0. The Morgan fingerprint density at radius 1 is 1.43 bits per heavy atom. The Morgan fingerprint density at radius 3 is 2.57 bits per heavy atom. The molecule has 3 heteroatoms. The number of unbranched alkanes of at least 4 members (excludes halogenated alkanes) is 1. The van der Waals surface area contributed by atoms with Crippen LogP contribution in [0.4, 0.5) is 0 Å². The minimum atomic E-state index is -0.479. The highest BCUT2D eigenvalue weighted by molar-refractivity contribution is 7.23. The Morgan fingerprint density at radius 2 is 2.14 bits per heavy atom. The van der Waals surface area contributed by atoms with E-state index in [0.717, 1.165) is 18.7 Å². The van der Waals surface area contributed by atoms with Gasteiger partial charge in [0.1, 0.15) is 0 Å². The number of hydrogen-bond acceptors (Lipinski definition) is 1. The van der Waals surface area contributed by atoms with Crippen LogP contribution in [0, 0.1) is 0 Å². The zero-order valence-electron chi connectivity index (χ0n) is 4.39. The molecule has 0 aliphatic rings. The quantitative estimate of drug-likeness (QED) is 0.424. The third-order valence-corrected chi connectivity index (χ3v) is 1.83. The Labute approximate surface area is 48.3 Å². The van der Waals surface area contributed by atoms with E-state index in [-0.39, 0.29) is 0 Å². The first-order valence-electron chi connectivity index (χ1n) is 2.55. The molecule has 0 aromatic heterocycles. The summed E-state index contributed by atoms with van der Waals surface area (Å²) in [5.41, 5.74) is 0. The molecule has 0 N–H and O–H groups in total. The molecule has 0 bridgehead atoms. The molecule has 1 nitrogen and oxygen atoms in total. The maximum Gasteiger partial charge on any atom is 0.0645 e. The molecule has 2 unspecified atom stereocenters. The standard InChI is InChI=1S/C4H12OP2/c5-7-4-2-1-3-6/h1-4,6-7H2. The summed E-state index contributed by atoms with van der Waals surface area (Å²) in [7, 11) is 2.18. The fraction of sp³-hybridized carbons (Fsp3) is 1.00. The van der Waals surface area contributed by atoms with Crippen LogP contribution < -0.4 is 0 Å². The van der Waals surface area contributed by atoms with Crippen LogP contribution in [-0.2, 0) is 4.57 Å². The molecule has 0 rings (SSSR count). The second-order valence-electron chi connectivity index (χ2n) is 1.45. The summed E-state index contributed by atoms with van der Waals surface area (Å²) in [5, 5.41) is 0. The van der Waals surface area contributed by atoms with Crippen molar-refractivity contribution >= 4 is 17.7 Å². The van der Waals surface area contributed by atoms with E-state index in [9.17, 15) is 4.57 Å². The van der Waals surface area contributed by atoms with Crippen molar-refractivity contribution in [3.63, 3.8) is 0 Å². The summed E-state index contributed by atoms with van der Waals surface area (Å²) in [6, 6.07) is 0. The van der Waals surface area contributed by atoms with Crippen LogP contribution in [0.2, 0.25) is 0 Å². The molecular weight excluding hydrogens is 126 g/mol. The average molecular weight is 138 g/mol. The molecule has 0 spiro atoms. The summed E-state index contributed by atoms with van der Waals surface area (Å²) < 4.78 is 9.88. The second kappa shape index (κ2) is 6.66. The lowest BCUT2D eigenvalue weighted by molar-refractivity contribution is 0.597. The summed E-state index contributed by atoms with van der Waals surface area (Å²) in [6.45, 7) is 0. The van der Waals surface area contributed by atoms with Gasteiger partial charge in [0.15, 0.2) is 0 Å². The van der Waals surface area contributed by atoms with E-state index in [4.69, 9.17) is 0 Å². The molecular formula is C4H12OP2. The van der Waals surface area contributed by atoms with E-state index in [2.05, 4.69) is 9.24 Å². The van der Waals surface area contributed by atoms with Crippen molar-refractivity contribution in [3.8, 4) is 0 Å². The zero-order chi connectivity index (χ0) is 5.54. The summed E-state index contributed by atoms with van der Waals surface area (Å²) in [4.78, 5) is 0. The van der Waals surface area contributed by atoms with Crippen LogP contribution in [0.5, 0.6) is 0 Å². The molecule has 7 heavy (non-hydrogen) atoms. The summed E-state index contributed by atoms with van der Waals surface area (Å²) in [5.74, 6) is 0. The molecule has 0 aromatic carbocycles. The van der Waals surface area contributed by atoms with Crippen molar-refractivity contribution in [2.45, 2.75) is 12.8 Å². The third-order valence-electron chi connectivity index (χ3n) is 0.776. The van der Waals surface area contributed by atoms with Gasteiger partial charge in [-0.05, 0) is 25.2 Å². The SMILES string of the molecule is O=[PH2]CCCCP. The van der Waals surface area contributed by atoms with Crippen LogP contribution in [0.25, 0.3) is 0 Å². The topological polar surface area (TPSA) is 17.1 Å². The van der Waals surface area contributed by atoms with Gasteiger partial charge in [-0.2, -0.15) is 0 Å². The first-order valence-corrected chi connectivity index (χ1v) is 4.66. The lowest BCUT2D eigenvalue weighted by Crippen LogP contribution is -1.74. The normalized spacial score (nSPS) is 11.0. The van der Waals surface area contributed by atoms with Gasteiger partial charge in [-0.3, -0.25) is 0 Å². The van der Waals surface area contributed by atoms with Gasteiger partial charge in [-0.25, -0.2) is 0 Å². The van der Waals surface area contributed by atoms with Crippen LogP contribution in [0.1, 0.15) is 12.8 Å². The number of hydrogen-bond donors (Lipinski definition) is 0. The molecule has 44 valence electrons. The minimum absolute atomic E-state index is 0.479. The highest BCUT2D eigenvalue weighted by Crippen LogP contribution is 2.00. The summed E-state index contributed by atoms with van der Waals surface area (Å²) in [6.07, 6.45) is 4.44. The molecule has 0 aliphatic carbocycles. The van der Waals surface area contributed by atoms with Gasteiger partial charge in [0.2, 0.25) is 0 Å². The monoisotopic (exact) mass is 138 g/mol. The highest BCUT2D eigenvalue weighted by Gasteiger charge is 1.79. The van der Waals surface area contributed by atoms with Crippen LogP contribution in [0.15, 0.2) is 0 Å². The van der Waals surface area contributed by atoms with Crippen LogP contribution in [0.3, 0.4) is 0 Å². The van der Waals surface area contributed by atoms with Gasteiger partial charge < -0.3 is 4.57 Å². The second-order valence-corrected chi connectivity index (χ2v) is 2.94. The Hall–Kier alpha value is 0.660. The van der Waals surface area contributed by atoms with Gasteiger partial charge >= 0.3 is 0 Å². The lowest BCUT2D eigenvalue weighted by atomic mass is 10.4. The van der Waals surface area contributed by atoms with Crippen LogP contribution in [-0.4, -0.2) is 12.3 Å². The molecule has 0 heterocycles. The van der Waals surface area contributed by atoms with Crippen molar-refractivity contribution < 1.29 is 4.57 Å². The predicted molar refractivity (Wildman–Crippen MR) is 39.1 cm³/mol. The predicted octanol–water partition coefficient (Wildman–Crippen LogP) is 1.40.